The number of unbranched alkanes of at least 4 members (excludes halogenated alkanes) is 6. The molecule has 3 aliphatic heterocycles. The second-order valence-electron chi connectivity index (χ2n) is 29.5. The third-order valence-corrected chi connectivity index (χ3v) is 24.4. The molecular weight excluding hydrogens is 1340 g/mol. The Bertz CT molecular complexity index is 3310. The summed E-state index contributed by atoms with van der Waals surface area (Å²) in [6.07, 6.45) is 18.2. The van der Waals surface area contributed by atoms with Crippen molar-refractivity contribution in [2.24, 2.45) is 34.5 Å². The van der Waals surface area contributed by atoms with Crippen LogP contribution in [0.2, 0.25) is 0 Å². The second-order valence-corrected chi connectivity index (χ2v) is 30.8. The molecule has 103 heavy (non-hydrogen) atoms. The van der Waals surface area contributed by atoms with Gasteiger partial charge in [-0.1, -0.05) is 57.4 Å². The van der Waals surface area contributed by atoms with Crippen LogP contribution in [0.4, 0.5) is 10.7 Å². The topological polar surface area (TPSA) is 389 Å². The number of rotatable bonds is 45. The molecule has 3 aromatic rings. The van der Waals surface area contributed by atoms with E-state index in [1.54, 1.807) is 6.08 Å². The van der Waals surface area contributed by atoms with Gasteiger partial charge in [-0.05, 0) is 155 Å². The summed E-state index contributed by atoms with van der Waals surface area (Å²) in [7, 11) is 0. The Kier molecular flexibility index (Phi) is 29.9. The van der Waals surface area contributed by atoms with Crippen molar-refractivity contribution in [1.29, 1.82) is 0 Å². The highest BCUT2D eigenvalue weighted by Gasteiger charge is 2.71. The lowest BCUT2D eigenvalue weighted by Crippen LogP contribution is -2.67. The molecule has 0 radical (unpaired) electrons. The Morgan fingerprint density at radius 2 is 1.37 bits per heavy atom. The molecule has 570 valence electrons. The molecule has 2 aromatic heterocycles. The molecule has 2 saturated heterocycles. The second kappa shape index (κ2) is 39.0. The van der Waals surface area contributed by atoms with E-state index in [1.807, 2.05) is 43.0 Å². The maximum atomic E-state index is 13.5. The Balaban J connectivity index is 0.546. The fourth-order valence-corrected chi connectivity index (χ4v) is 18.6. The minimum atomic E-state index is -1.02. The lowest BCUT2D eigenvalue weighted by Gasteiger charge is -2.65. The van der Waals surface area contributed by atoms with E-state index in [0.29, 0.717) is 152 Å². The van der Waals surface area contributed by atoms with E-state index >= 15 is 0 Å². The zero-order chi connectivity index (χ0) is 72.6. The van der Waals surface area contributed by atoms with E-state index in [2.05, 4.69) is 64.1 Å². The number of urea groups is 1. The van der Waals surface area contributed by atoms with Crippen molar-refractivity contribution in [2.45, 2.75) is 216 Å². The summed E-state index contributed by atoms with van der Waals surface area (Å²) in [5.41, 5.74) is 7.84. The van der Waals surface area contributed by atoms with Gasteiger partial charge in [0.05, 0.1) is 89.1 Å². The fraction of sp³-hybridized carbons (Fsp3) is 0.730. The molecule has 0 bridgehead atoms. The summed E-state index contributed by atoms with van der Waals surface area (Å²) in [6.45, 7) is 9.47. The average molecular weight is 1460 g/mol. The smallest absolute Gasteiger partial charge is 0.331 e. The van der Waals surface area contributed by atoms with Crippen molar-refractivity contribution >= 4 is 70.4 Å². The van der Waals surface area contributed by atoms with Crippen molar-refractivity contribution < 1.29 is 76.9 Å². The SMILES string of the molecule is C[C@@]12CC[C@@H](OCC(=O)NCCCCCC(=O)NCCCCC(NC(=O)CCCCCNC(=O)CCCC[C@H]3SC[C@H]4NC(=O)N[C@H]43)C(=O)NCCOCCOCCOCCOCc3ccc(COc4nc(N)nc5[nH]cnc45)cc3)C[C@@H]1CC[C@H]1[C@@H]2C[C@H](O)[C@@]2(C)[C@H](C3=CC(=O)OC3)CC[C@@]12O. The fourth-order valence-electron chi connectivity index (χ4n) is 17.1. The molecule has 29 heteroatoms. The maximum absolute atomic E-state index is 13.5. The Hall–Kier alpha value is -6.73. The van der Waals surface area contributed by atoms with Crippen LogP contribution in [-0.4, -0.2) is 204 Å². The van der Waals surface area contributed by atoms with Crippen molar-refractivity contribution in [3.8, 4) is 5.88 Å². The number of H-pyrrole nitrogens is 1. The summed E-state index contributed by atoms with van der Waals surface area (Å²) in [4.78, 5) is 104. The summed E-state index contributed by atoms with van der Waals surface area (Å²) >= 11 is 1.87. The Morgan fingerprint density at radius 3 is 2.08 bits per heavy atom. The molecular formula is C74H112N12O16S. The van der Waals surface area contributed by atoms with Crippen LogP contribution in [0, 0.1) is 34.5 Å². The van der Waals surface area contributed by atoms with E-state index in [1.165, 1.54) is 6.33 Å². The van der Waals surface area contributed by atoms with Gasteiger partial charge in [0, 0.05) is 67.9 Å². The first-order chi connectivity index (χ1) is 49.9. The Labute approximate surface area is 608 Å². The number of amides is 7. The number of fused-ring (bicyclic) bond motifs is 7. The molecule has 28 nitrogen and oxygen atoms in total. The molecule has 4 saturated carbocycles. The third kappa shape index (κ3) is 21.7. The van der Waals surface area contributed by atoms with Crippen molar-refractivity contribution in [3.05, 3.63) is 53.4 Å². The van der Waals surface area contributed by atoms with Crippen LogP contribution in [-0.2, 0) is 70.4 Å². The lowest BCUT2D eigenvalue weighted by molar-refractivity contribution is -0.245. The number of esters is 1. The van der Waals surface area contributed by atoms with Gasteiger partial charge < -0.3 is 91.3 Å². The molecule has 1 aromatic carbocycles. The number of nitrogens with two attached hydrogens (primary N) is 1. The molecule has 10 rings (SSSR count). The van der Waals surface area contributed by atoms with Gasteiger partial charge >= 0.3 is 12.0 Å². The summed E-state index contributed by atoms with van der Waals surface area (Å²) in [5.74, 6) is 0.722. The van der Waals surface area contributed by atoms with Crippen LogP contribution in [0.1, 0.15) is 173 Å². The number of aromatic nitrogens is 4. The highest BCUT2D eigenvalue weighted by atomic mass is 32.2. The standard InChI is InChI=1S/C74H112N12O16S/c1-72-26-24-52(40-51(72)22-23-54-55(72)41-59(87)73(2)53(25-27-74(54,73)95)50-39-64(92)101-44-50)100-45-63(91)78-29-11-3-5-15-60(88)77-30-12-9-13-56(82-62(90)17-6-4-10-28-76-61(89)16-8-7-14-58-65-57(46-103-58)83-71(94)84-65)68(93)79-31-32-96-33-34-97-35-36-98-37-38-99-42-48-18-20-49(21-19-48)43-102-69-66-67(81-47-80-66)85-70(75)86-69/h18-21,39,47,51-59,65,87,95H,3-17,22-38,40-46H2,1-2H3,(H,76,89)(H,77,88)(H,78,91)(H,79,93)(H,82,90)(H2,83,84,94)(H3,75,80,81,85,86)/t51-,52+,53-,54-,55-,56?,57+,58+,59-,65+,72+,73+,74+/m0/s1. The number of anilines is 1. The molecule has 5 heterocycles. The van der Waals surface area contributed by atoms with Crippen LogP contribution >= 0.6 is 11.8 Å². The van der Waals surface area contributed by atoms with Crippen LogP contribution in [0.3, 0.4) is 0 Å². The van der Waals surface area contributed by atoms with Crippen molar-refractivity contribution in [1.82, 2.24) is 57.2 Å². The quantitative estimate of drug-likeness (QED) is 0.0185. The molecule has 6 fully saturated rings. The van der Waals surface area contributed by atoms with Gasteiger partial charge in [-0.2, -0.15) is 21.7 Å². The first kappa shape index (κ1) is 78.8. The third-order valence-electron chi connectivity index (χ3n) is 22.9. The van der Waals surface area contributed by atoms with Gasteiger partial charge in [0.1, 0.15) is 25.9 Å². The number of carbonyl (C=O) groups excluding carboxylic acids is 7. The maximum Gasteiger partial charge on any atom is 0.331 e. The average Bonchev–Trinajstić information content (AvgIpc) is 1.62. The zero-order valence-corrected chi connectivity index (χ0v) is 61.1. The highest BCUT2D eigenvalue weighted by Crippen LogP contribution is 2.70. The van der Waals surface area contributed by atoms with Gasteiger partial charge in [-0.25, -0.2) is 14.6 Å². The zero-order valence-electron chi connectivity index (χ0n) is 60.3. The van der Waals surface area contributed by atoms with Gasteiger partial charge in [-0.15, -0.1) is 0 Å². The van der Waals surface area contributed by atoms with Crippen LogP contribution < -0.4 is 47.7 Å². The predicted octanol–water partition coefficient (Wildman–Crippen LogP) is 5.66. The molecule has 7 aliphatic rings. The molecule has 13 atom stereocenters. The summed E-state index contributed by atoms with van der Waals surface area (Å²) < 4.78 is 40.1. The van der Waals surface area contributed by atoms with Crippen LogP contribution in [0.15, 0.2) is 42.2 Å². The van der Waals surface area contributed by atoms with E-state index in [-0.39, 0.29) is 128 Å². The monoisotopic (exact) mass is 1460 g/mol. The summed E-state index contributed by atoms with van der Waals surface area (Å²) in [6, 6.07) is 7.34. The van der Waals surface area contributed by atoms with Gasteiger partial charge in [-0.3, -0.25) is 24.0 Å². The minimum Gasteiger partial charge on any atom is -0.471 e. The highest BCUT2D eigenvalue weighted by molar-refractivity contribution is 8.00. The molecule has 7 amide bonds. The number of aliphatic hydroxyl groups is 2. The number of hydrogen-bond acceptors (Lipinski definition) is 21. The van der Waals surface area contributed by atoms with E-state index in [0.717, 1.165) is 106 Å². The molecule has 0 spiro atoms. The normalized spacial score (nSPS) is 27.1. The first-order valence-electron chi connectivity index (χ1n) is 37.8. The number of thioether (sulfide) groups is 1. The number of aromatic amines is 1. The number of imidazole rings is 1. The summed E-state index contributed by atoms with van der Waals surface area (Å²) in [5, 5.41) is 45.6. The van der Waals surface area contributed by atoms with Gasteiger partial charge in [0.2, 0.25) is 41.4 Å². The number of nitrogens with one attached hydrogen (secondary N) is 8. The molecule has 12 N–H and O–H groups in total. The number of carbonyl (C=O) groups is 7. The Morgan fingerprint density at radius 1 is 0.709 bits per heavy atom. The van der Waals surface area contributed by atoms with Crippen molar-refractivity contribution in [2.75, 3.05) is 97.1 Å². The number of benzene rings is 1. The first-order valence-corrected chi connectivity index (χ1v) is 38.9. The predicted molar refractivity (Wildman–Crippen MR) is 385 cm³/mol. The number of ether oxygens (including phenoxy) is 7. The van der Waals surface area contributed by atoms with E-state index < -0.39 is 23.2 Å². The number of cyclic esters (lactones) is 1. The number of hydrogen-bond donors (Lipinski definition) is 11. The minimum absolute atomic E-state index is 0.0102. The van der Waals surface area contributed by atoms with Crippen molar-refractivity contribution in [3.63, 3.8) is 0 Å². The van der Waals surface area contributed by atoms with Crippen LogP contribution in [0.25, 0.3) is 11.2 Å². The lowest BCUT2D eigenvalue weighted by atomic mass is 9.42. The van der Waals surface area contributed by atoms with Gasteiger partial charge in [0.15, 0.2) is 11.2 Å². The van der Waals surface area contributed by atoms with E-state index in [9.17, 15) is 43.8 Å². The number of nitrogen functional groups attached to an aromatic ring is 1. The van der Waals surface area contributed by atoms with Gasteiger partial charge in [0.25, 0.3) is 0 Å². The molecule has 1 unspecified atom stereocenters. The number of nitrogens with zero attached hydrogens (tertiary/aromatic N) is 3. The van der Waals surface area contributed by atoms with Crippen LogP contribution in [0.5, 0.6) is 5.88 Å². The molecule has 4 aliphatic carbocycles. The number of aliphatic hydroxyl groups excluding tert-OH is 1. The van der Waals surface area contributed by atoms with E-state index in [4.69, 9.17) is 38.9 Å². The largest absolute Gasteiger partial charge is 0.471 e.